The van der Waals surface area contributed by atoms with Gasteiger partial charge in [-0.1, -0.05) is 29.7 Å². The molecule has 0 radical (unpaired) electrons. The van der Waals surface area contributed by atoms with Crippen LogP contribution in [0.3, 0.4) is 0 Å². The Hall–Kier alpha value is -2.36. The van der Waals surface area contributed by atoms with Gasteiger partial charge in [0.05, 0.1) is 17.4 Å². The highest BCUT2D eigenvalue weighted by molar-refractivity contribution is 9.10. The predicted molar refractivity (Wildman–Crippen MR) is 109 cm³/mol. The molecule has 2 aromatic rings. The molecule has 28 heavy (non-hydrogen) atoms. The molecule has 3 rings (SSSR count). The zero-order valence-electron chi connectivity index (χ0n) is 15.1. The molecular formula is C21H18BrClO5. The lowest BCUT2D eigenvalue weighted by molar-refractivity contribution is -0.137. The number of halogens is 2. The van der Waals surface area contributed by atoms with Crippen LogP contribution in [0.5, 0.6) is 17.2 Å². The second-order valence-corrected chi connectivity index (χ2v) is 7.45. The number of benzene rings is 2. The van der Waals surface area contributed by atoms with Crippen LogP contribution in [-0.4, -0.2) is 30.4 Å². The maximum atomic E-state index is 11.0. The molecule has 0 saturated heterocycles. The van der Waals surface area contributed by atoms with Gasteiger partial charge in [-0.25, -0.2) is 0 Å². The summed E-state index contributed by atoms with van der Waals surface area (Å²) in [7, 11) is 0. The van der Waals surface area contributed by atoms with Crippen LogP contribution in [0.25, 0.3) is 0 Å². The summed E-state index contributed by atoms with van der Waals surface area (Å²) in [6.07, 6.45) is -0.304. The van der Waals surface area contributed by atoms with E-state index in [9.17, 15) is 4.79 Å². The SMILES string of the molecule is CC#C[C@@H](CC(=O)O)c1ccc(OC[C@H]2COc3cc(Br)c(Cl)cc3O2)cc1. The Labute approximate surface area is 176 Å². The largest absolute Gasteiger partial charge is 0.490 e. The maximum absolute atomic E-state index is 11.0. The normalized spacial score (nSPS) is 15.9. The fourth-order valence-electron chi connectivity index (χ4n) is 2.78. The van der Waals surface area contributed by atoms with E-state index in [1.54, 1.807) is 31.2 Å². The minimum atomic E-state index is -0.880. The molecule has 0 bridgehead atoms. The zero-order chi connectivity index (χ0) is 20.1. The van der Waals surface area contributed by atoms with Crippen LogP contribution in [0.2, 0.25) is 5.02 Å². The fourth-order valence-corrected chi connectivity index (χ4v) is 3.26. The Morgan fingerprint density at radius 3 is 2.79 bits per heavy atom. The highest BCUT2D eigenvalue weighted by Crippen LogP contribution is 2.38. The van der Waals surface area contributed by atoms with E-state index < -0.39 is 5.97 Å². The number of fused-ring (bicyclic) bond motifs is 1. The van der Waals surface area contributed by atoms with Crippen LogP contribution in [0.1, 0.15) is 24.8 Å². The average molecular weight is 466 g/mol. The molecule has 1 aliphatic rings. The first-order chi connectivity index (χ1) is 13.5. The van der Waals surface area contributed by atoms with Gasteiger partial charge in [-0.05, 0) is 46.6 Å². The van der Waals surface area contributed by atoms with Crippen LogP contribution >= 0.6 is 27.5 Å². The Morgan fingerprint density at radius 1 is 1.36 bits per heavy atom. The lowest BCUT2D eigenvalue weighted by atomic mass is 9.96. The molecule has 146 valence electrons. The van der Waals surface area contributed by atoms with Gasteiger partial charge < -0.3 is 19.3 Å². The van der Waals surface area contributed by atoms with Gasteiger partial charge in [0.15, 0.2) is 17.6 Å². The minimum absolute atomic E-state index is 0.0353. The molecular weight excluding hydrogens is 448 g/mol. The number of aliphatic carboxylic acids is 1. The average Bonchev–Trinajstić information content (AvgIpc) is 2.67. The van der Waals surface area contributed by atoms with E-state index in [1.807, 2.05) is 12.1 Å². The summed E-state index contributed by atoms with van der Waals surface area (Å²) >= 11 is 9.46. The first-order valence-electron chi connectivity index (χ1n) is 8.61. The quantitative estimate of drug-likeness (QED) is 0.615. The van der Waals surface area contributed by atoms with Gasteiger partial charge in [-0.3, -0.25) is 4.79 Å². The Balaban J connectivity index is 1.59. The predicted octanol–water partition coefficient (Wildman–Crippen LogP) is 4.90. The number of rotatable bonds is 6. The molecule has 1 heterocycles. The van der Waals surface area contributed by atoms with Crippen molar-refractivity contribution in [2.24, 2.45) is 0 Å². The first kappa shape index (κ1) is 20.4. The molecule has 1 aliphatic heterocycles. The fraction of sp³-hybridized carbons (Fsp3) is 0.286. The third-order valence-electron chi connectivity index (χ3n) is 4.12. The van der Waals surface area contributed by atoms with Gasteiger partial charge in [0.25, 0.3) is 0 Å². The molecule has 0 unspecified atom stereocenters. The Morgan fingerprint density at radius 2 is 2.11 bits per heavy atom. The molecule has 0 spiro atoms. The van der Waals surface area contributed by atoms with Crippen molar-refractivity contribution in [2.75, 3.05) is 13.2 Å². The van der Waals surface area contributed by atoms with Crippen molar-refractivity contribution in [3.63, 3.8) is 0 Å². The van der Waals surface area contributed by atoms with E-state index in [0.717, 1.165) is 10.0 Å². The summed E-state index contributed by atoms with van der Waals surface area (Å²) < 4.78 is 18.1. The standard InChI is InChI=1S/C21H18BrClO5/c1-2-3-14(8-21(24)25)13-4-6-15(7-5-13)26-11-16-12-27-19-9-17(22)18(23)10-20(19)28-16/h4-7,9-10,14,16H,8,11-12H2,1H3,(H,24,25)/t14-,16-/m0/s1. The lowest BCUT2D eigenvalue weighted by Crippen LogP contribution is -2.34. The second kappa shape index (κ2) is 9.22. The van der Waals surface area contributed by atoms with Crippen molar-refractivity contribution in [1.82, 2.24) is 0 Å². The first-order valence-corrected chi connectivity index (χ1v) is 9.78. The monoisotopic (exact) mass is 464 g/mol. The Kier molecular flexibility index (Phi) is 6.71. The summed E-state index contributed by atoms with van der Waals surface area (Å²) in [5, 5.41) is 9.57. The maximum Gasteiger partial charge on any atom is 0.304 e. The van der Waals surface area contributed by atoms with Crippen LogP contribution in [0.4, 0.5) is 0 Å². The highest BCUT2D eigenvalue weighted by atomic mass is 79.9. The zero-order valence-corrected chi connectivity index (χ0v) is 17.4. The van der Waals surface area contributed by atoms with Crippen molar-refractivity contribution < 1.29 is 24.1 Å². The molecule has 0 aliphatic carbocycles. The molecule has 0 aromatic heterocycles. The summed E-state index contributed by atoms with van der Waals surface area (Å²) in [5.41, 5.74) is 0.843. The number of hydrogen-bond acceptors (Lipinski definition) is 4. The van der Waals surface area contributed by atoms with E-state index >= 15 is 0 Å². The second-order valence-electron chi connectivity index (χ2n) is 6.19. The van der Waals surface area contributed by atoms with Gasteiger partial charge in [-0.2, -0.15) is 0 Å². The van der Waals surface area contributed by atoms with Gasteiger partial charge >= 0.3 is 5.97 Å². The van der Waals surface area contributed by atoms with Gasteiger partial charge in [0, 0.05) is 10.5 Å². The number of carboxylic acid groups (broad SMARTS) is 1. The molecule has 0 saturated carbocycles. The third-order valence-corrected chi connectivity index (χ3v) is 5.32. The Bertz CT molecular complexity index is 917. The molecule has 0 amide bonds. The van der Waals surface area contributed by atoms with Crippen molar-refractivity contribution in [3.8, 4) is 29.1 Å². The van der Waals surface area contributed by atoms with Crippen LogP contribution in [-0.2, 0) is 4.79 Å². The summed E-state index contributed by atoms with van der Waals surface area (Å²) in [4.78, 5) is 11.0. The van der Waals surface area contributed by atoms with E-state index in [1.165, 1.54) is 0 Å². The smallest absolute Gasteiger partial charge is 0.304 e. The van der Waals surface area contributed by atoms with Crippen molar-refractivity contribution in [1.29, 1.82) is 0 Å². The van der Waals surface area contributed by atoms with Gasteiger partial charge in [-0.15, -0.1) is 5.92 Å². The number of carboxylic acids is 1. The molecule has 2 aromatic carbocycles. The molecule has 7 heteroatoms. The topological polar surface area (TPSA) is 65.0 Å². The summed E-state index contributed by atoms with van der Waals surface area (Å²) in [6.45, 7) is 2.37. The summed E-state index contributed by atoms with van der Waals surface area (Å²) in [5.74, 6) is 6.37. The summed E-state index contributed by atoms with van der Waals surface area (Å²) in [6, 6.07) is 10.7. The van der Waals surface area contributed by atoms with Gasteiger partial charge in [0.1, 0.15) is 19.0 Å². The highest BCUT2D eigenvalue weighted by Gasteiger charge is 2.23. The van der Waals surface area contributed by atoms with Crippen molar-refractivity contribution >= 4 is 33.5 Å². The minimum Gasteiger partial charge on any atom is -0.490 e. The van der Waals surface area contributed by atoms with Crippen LogP contribution in [0, 0.1) is 11.8 Å². The van der Waals surface area contributed by atoms with E-state index in [0.29, 0.717) is 35.5 Å². The van der Waals surface area contributed by atoms with E-state index in [2.05, 4.69) is 27.8 Å². The van der Waals surface area contributed by atoms with E-state index in [-0.39, 0.29) is 18.4 Å². The molecule has 2 atom stereocenters. The molecule has 1 N–H and O–H groups in total. The number of ether oxygens (including phenoxy) is 3. The third kappa shape index (κ3) is 5.12. The number of hydrogen-bond donors (Lipinski definition) is 1. The van der Waals surface area contributed by atoms with Gasteiger partial charge in [0.2, 0.25) is 0 Å². The van der Waals surface area contributed by atoms with Crippen molar-refractivity contribution in [3.05, 3.63) is 51.5 Å². The van der Waals surface area contributed by atoms with Crippen LogP contribution in [0.15, 0.2) is 40.9 Å². The van der Waals surface area contributed by atoms with Crippen molar-refractivity contribution in [2.45, 2.75) is 25.4 Å². The lowest BCUT2D eigenvalue weighted by Gasteiger charge is -2.27. The van der Waals surface area contributed by atoms with Crippen LogP contribution < -0.4 is 14.2 Å². The number of carbonyl (C=O) groups is 1. The molecule has 5 nitrogen and oxygen atoms in total. The molecule has 0 fully saturated rings. The van der Waals surface area contributed by atoms with E-state index in [4.69, 9.17) is 30.9 Å².